The first kappa shape index (κ1) is 28.5. The van der Waals surface area contributed by atoms with Crippen molar-refractivity contribution in [2.24, 2.45) is 5.92 Å². The molecule has 1 saturated heterocycles. The van der Waals surface area contributed by atoms with Crippen LogP contribution in [0.5, 0.6) is 0 Å². The summed E-state index contributed by atoms with van der Waals surface area (Å²) in [5, 5.41) is 13.4. The number of ketones is 1. The lowest BCUT2D eigenvalue weighted by molar-refractivity contribution is -0.141. The van der Waals surface area contributed by atoms with Crippen molar-refractivity contribution in [1.82, 2.24) is 10.2 Å². The van der Waals surface area contributed by atoms with Crippen molar-refractivity contribution >= 4 is 29.3 Å². The van der Waals surface area contributed by atoms with E-state index < -0.39 is 11.9 Å². The summed E-state index contributed by atoms with van der Waals surface area (Å²) in [6.07, 6.45) is 0.526. The van der Waals surface area contributed by atoms with Gasteiger partial charge >= 0.3 is 5.97 Å². The van der Waals surface area contributed by atoms with Crippen molar-refractivity contribution in [2.45, 2.75) is 19.3 Å². The molecule has 1 aliphatic rings. The first-order valence-electron chi connectivity index (χ1n) is 13.2. The van der Waals surface area contributed by atoms with E-state index in [-0.39, 0.29) is 24.5 Å². The fraction of sp³-hybridized carbons (Fsp3) is 0.323. The molecule has 39 heavy (non-hydrogen) atoms. The third-order valence-corrected chi connectivity index (χ3v) is 7.26. The number of rotatable bonds is 12. The highest BCUT2D eigenvalue weighted by Gasteiger charge is 2.23. The minimum Gasteiger partial charge on any atom is -0.481 e. The molecule has 1 unspecified atom stereocenters. The molecule has 1 heterocycles. The second-order valence-electron chi connectivity index (χ2n) is 9.65. The van der Waals surface area contributed by atoms with Crippen LogP contribution in [-0.2, 0) is 16.0 Å². The number of carbonyl (C=O) groups excluding carboxylic acids is 2. The summed E-state index contributed by atoms with van der Waals surface area (Å²) in [5.41, 5.74) is 3.70. The van der Waals surface area contributed by atoms with E-state index in [2.05, 4.69) is 10.2 Å². The Labute approximate surface area is 233 Å². The SMILES string of the molecule is O=C(CC(CCc1ccccc1C(=O)NCCN1CCOCC1)C(=O)O)c1ccc(-c2ccc(Cl)cc2)cc1. The zero-order chi connectivity index (χ0) is 27.6. The van der Waals surface area contributed by atoms with Gasteiger partial charge in [-0.2, -0.15) is 0 Å². The van der Waals surface area contributed by atoms with Gasteiger partial charge in [0.25, 0.3) is 5.91 Å². The Morgan fingerprint density at radius 1 is 0.923 bits per heavy atom. The summed E-state index contributed by atoms with van der Waals surface area (Å²) >= 11 is 5.96. The Hall–Kier alpha value is -3.52. The molecule has 0 radical (unpaired) electrons. The van der Waals surface area contributed by atoms with E-state index in [9.17, 15) is 19.5 Å². The van der Waals surface area contributed by atoms with Crippen molar-refractivity contribution < 1.29 is 24.2 Å². The van der Waals surface area contributed by atoms with Gasteiger partial charge < -0.3 is 15.2 Å². The van der Waals surface area contributed by atoms with Crippen LogP contribution in [0, 0.1) is 5.92 Å². The predicted molar refractivity (Wildman–Crippen MR) is 151 cm³/mol. The highest BCUT2D eigenvalue weighted by Crippen LogP contribution is 2.24. The summed E-state index contributed by atoms with van der Waals surface area (Å²) in [6, 6.07) is 21.8. The molecule has 4 rings (SSSR count). The quantitative estimate of drug-likeness (QED) is 0.310. The molecule has 3 aromatic rings. The number of aryl methyl sites for hydroxylation is 1. The number of carboxylic acid groups (broad SMARTS) is 1. The maximum Gasteiger partial charge on any atom is 0.306 e. The number of hydrogen-bond donors (Lipinski definition) is 2. The summed E-state index contributed by atoms with van der Waals surface area (Å²) in [5.74, 6) is -2.28. The van der Waals surface area contributed by atoms with E-state index in [1.54, 1.807) is 36.4 Å². The Morgan fingerprint density at radius 2 is 1.56 bits per heavy atom. The van der Waals surface area contributed by atoms with E-state index in [4.69, 9.17) is 16.3 Å². The number of benzene rings is 3. The number of amides is 1. The number of ether oxygens (including phenoxy) is 1. The molecule has 1 atom stereocenters. The van der Waals surface area contributed by atoms with Gasteiger partial charge in [-0.25, -0.2) is 0 Å². The van der Waals surface area contributed by atoms with Crippen LogP contribution in [0.15, 0.2) is 72.8 Å². The van der Waals surface area contributed by atoms with Crippen LogP contribution < -0.4 is 5.32 Å². The Morgan fingerprint density at radius 3 is 2.23 bits per heavy atom. The van der Waals surface area contributed by atoms with E-state index in [0.29, 0.717) is 42.3 Å². The van der Waals surface area contributed by atoms with Crippen LogP contribution in [0.1, 0.15) is 39.1 Å². The highest BCUT2D eigenvalue weighted by molar-refractivity contribution is 6.30. The Bertz CT molecular complexity index is 1270. The maximum absolute atomic E-state index is 12.9. The van der Waals surface area contributed by atoms with Gasteiger partial charge in [-0.05, 0) is 47.7 Å². The van der Waals surface area contributed by atoms with Gasteiger partial charge in [0.05, 0.1) is 19.1 Å². The first-order chi connectivity index (χ1) is 18.9. The van der Waals surface area contributed by atoms with Crippen LogP contribution in [0.3, 0.4) is 0 Å². The molecular weight excluding hydrogens is 516 g/mol. The highest BCUT2D eigenvalue weighted by atomic mass is 35.5. The minimum absolute atomic E-state index is 0.108. The molecule has 8 heteroatoms. The average Bonchev–Trinajstić information content (AvgIpc) is 2.96. The number of carboxylic acids is 1. The second kappa shape index (κ2) is 14.0. The molecule has 1 amide bonds. The van der Waals surface area contributed by atoms with E-state index in [0.717, 1.165) is 36.3 Å². The third-order valence-electron chi connectivity index (χ3n) is 7.01. The average molecular weight is 549 g/mol. The van der Waals surface area contributed by atoms with E-state index >= 15 is 0 Å². The molecule has 0 bridgehead atoms. The van der Waals surface area contributed by atoms with Gasteiger partial charge in [0.1, 0.15) is 0 Å². The largest absolute Gasteiger partial charge is 0.481 e. The number of nitrogens with one attached hydrogen (secondary N) is 1. The molecule has 1 fully saturated rings. The zero-order valence-corrected chi connectivity index (χ0v) is 22.5. The van der Waals surface area contributed by atoms with Crippen LogP contribution >= 0.6 is 11.6 Å². The molecule has 7 nitrogen and oxygen atoms in total. The summed E-state index contributed by atoms with van der Waals surface area (Å²) in [4.78, 5) is 40.0. The molecule has 3 aromatic carbocycles. The fourth-order valence-electron chi connectivity index (χ4n) is 4.68. The van der Waals surface area contributed by atoms with Crippen LogP contribution in [-0.4, -0.2) is 67.1 Å². The number of morpholine rings is 1. The second-order valence-corrected chi connectivity index (χ2v) is 10.1. The van der Waals surface area contributed by atoms with Crippen molar-refractivity contribution in [3.05, 3.63) is 94.5 Å². The van der Waals surface area contributed by atoms with Gasteiger partial charge in [-0.1, -0.05) is 66.2 Å². The van der Waals surface area contributed by atoms with E-state index in [1.165, 1.54) is 0 Å². The van der Waals surface area contributed by atoms with Crippen LogP contribution in [0.4, 0.5) is 0 Å². The standard InChI is InChI=1S/C31H33ClN2O5/c32-27-13-11-23(12-14-27)22-5-8-25(9-6-22)29(35)21-26(31(37)38)10-7-24-3-1-2-4-28(24)30(36)33-15-16-34-17-19-39-20-18-34/h1-6,8-9,11-14,26H,7,10,15-21H2,(H,33,36)(H,37,38). The van der Waals surface area contributed by atoms with Crippen molar-refractivity contribution in [3.8, 4) is 11.1 Å². The molecule has 1 aliphatic heterocycles. The molecule has 0 saturated carbocycles. The molecular formula is C31H33ClN2O5. The first-order valence-corrected chi connectivity index (χ1v) is 13.6. The molecule has 2 N–H and O–H groups in total. The maximum atomic E-state index is 12.9. The molecule has 204 valence electrons. The van der Waals surface area contributed by atoms with Gasteiger partial charge in [0.2, 0.25) is 0 Å². The number of Topliss-reactive ketones (excluding diaryl/α,β-unsaturated/α-hetero) is 1. The van der Waals surface area contributed by atoms with Gasteiger partial charge in [-0.15, -0.1) is 0 Å². The summed E-state index contributed by atoms with van der Waals surface area (Å²) in [6.45, 7) is 4.40. The normalized spacial score (nSPS) is 14.5. The lowest BCUT2D eigenvalue weighted by Crippen LogP contribution is -2.41. The number of halogens is 1. The fourth-order valence-corrected chi connectivity index (χ4v) is 4.81. The minimum atomic E-state index is -1.02. The van der Waals surface area contributed by atoms with Crippen molar-refractivity contribution in [1.29, 1.82) is 0 Å². The number of aliphatic carboxylic acids is 1. The Kier molecular flexibility index (Phi) is 10.3. The summed E-state index contributed by atoms with van der Waals surface area (Å²) < 4.78 is 5.35. The van der Waals surface area contributed by atoms with Crippen LogP contribution in [0.2, 0.25) is 5.02 Å². The lowest BCUT2D eigenvalue weighted by atomic mass is 9.90. The van der Waals surface area contributed by atoms with Crippen LogP contribution in [0.25, 0.3) is 11.1 Å². The number of nitrogens with zero attached hydrogens (tertiary/aromatic N) is 1. The third kappa shape index (κ3) is 8.23. The topological polar surface area (TPSA) is 95.9 Å². The van der Waals surface area contributed by atoms with Crippen molar-refractivity contribution in [3.63, 3.8) is 0 Å². The van der Waals surface area contributed by atoms with Gasteiger partial charge in [0.15, 0.2) is 5.78 Å². The Balaban J connectivity index is 1.33. The summed E-state index contributed by atoms with van der Waals surface area (Å²) in [7, 11) is 0. The van der Waals surface area contributed by atoms with Gasteiger partial charge in [-0.3, -0.25) is 19.3 Å². The number of carbonyl (C=O) groups is 3. The number of hydrogen-bond acceptors (Lipinski definition) is 5. The zero-order valence-electron chi connectivity index (χ0n) is 21.8. The van der Waals surface area contributed by atoms with E-state index in [1.807, 2.05) is 36.4 Å². The monoisotopic (exact) mass is 548 g/mol. The molecule has 0 aliphatic carbocycles. The van der Waals surface area contributed by atoms with Gasteiger partial charge in [0, 0.05) is 48.7 Å². The lowest BCUT2D eigenvalue weighted by Gasteiger charge is -2.26. The van der Waals surface area contributed by atoms with Crippen molar-refractivity contribution in [2.75, 3.05) is 39.4 Å². The molecule has 0 aromatic heterocycles. The predicted octanol–water partition coefficient (Wildman–Crippen LogP) is 4.98. The smallest absolute Gasteiger partial charge is 0.306 e. The molecule has 0 spiro atoms.